The second-order valence-corrected chi connectivity index (χ2v) is 9.00. The summed E-state index contributed by atoms with van der Waals surface area (Å²) in [4.78, 5) is 30.6. The van der Waals surface area contributed by atoms with Gasteiger partial charge in [0.25, 0.3) is 5.91 Å². The first-order valence-corrected chi connectivity index (χ1v) is 11.3. The molecule has 0 bridgehead atoms. The van der Waals surface area contributed by atoms with Crippen molar-refractivity contribution in [3.63, 3.8) is 0 Å². The first kappa shape index (κ1) is 22.0. The number of hydrogen-bond donors (Lipinski definition) is 0. The van der Waals surface area contributed by atoms with Gasteiger partial charge < -0.3 is 4.90 Å². The highest BCUT2D eigenvalue weighted by Crippen LogP contribution is 2.32. The third-order valence-corrected chi connectivity index (χ3v) is 6.45. The molecule has 1 atom stereocenters. The van der Waals surface area contributed by atoms with Crippen molar-refractivity contribution in [2.45, 2.75) is 26.8 Å². The fraction of sp³-hybridized carbons (Fsp3) is 0.185. The van der Waals surface area contributed by atoms with Gasteiger partial charge in [0.05, 0.1) is 0 Å². The number of nitrogens with zero attached hydrogens (tertiary/aromatic N) is 2. The number of carbonyl (C=O) groups is 2. The highest BCUT2D eigenvalue weighted by atomic mass is 79.9. The second kappa shape index (κ2) is 9.13. The van der Waals surface area contributed by atoms with Crippen LogP contribution in [0.15, 0.2) is 82.8 Å². The number of amides is 2. The molecule has 1 fully saturated rings. The molecular formula is C27H25BrN2O2. The average Bonchev–Trinajstić information content (AvgIpc) is 2.78. The first-order valence-electron chi connectivity index (χ1n) is 10.6. The van der Waals surface area contributed by atoms with E-state index in [-0.39, 0.29) is 18.4 Å². The van der Waals surface area contributed by atoms with Crippen LogP contribution in [0.4, 0.5) is 11.4 Å². The molecule has 0 radical (unpaired) electrons. The minimum Gasteiger partial charge on any atom is -0.301 e. The maximum absolute atomic E-state index is 13.9. The Hall–Kier alpha value is -3.18. The lowest BCUT2D eigenvalue weighted by Gasteiger charge is -2.41. The van der Waals surface area contributed by atoms with Gasteiger partial charge in [0.15, 0.2) is 0 Å². The molecule has 1 aliphatic heterocycles. The third kappa shape index (κ3) is 4.26. The number of rotatable bonds is 4. The number of aryl methyl sites for hydroxylation is 1. The minimum absolute atomic E-state index is 0.00824. The summed E-state index contributed by atoms with van der Waals surface area (Å²) in [5, 5.41) is 0. The molecule has 0 aliphatic carbocycles. The molecule has 162 valence electrons. The summed E-state index contributed by atoms with van der Waals surface area (Å²) >= 11 is 3.45. The van der Waals surface area contributed by atoms with Gasteiger partial charge in [0, 0.05) is 15.8 Å². The van der Waals surface area contributed by atoms with Gasteiger partial charge in [-0.2, -0.15) is 0 Å². The van der Waals surface area contributed by atoms with Crippen LogP contribution in [0.5, 0.6) is 0 Å². The Labute approximate surface area is 197 Å². The number of hydrogen-bond acceptors (Lipinski definition) is 2. The van der Waals surface area contributed by atoms with E-state index in [9.17, 15) is 9.59 Å². The summed E-state index contributed by atoms with van der Waals surface area (Å²) in [6.45, 7) is 5.93. The Morgan fingerprint density at radius 2 is 1.62 bits per heavy atom. The molecule has 2 amide bonds. The molecule has 5 heteroatoms. The van der Waals surface area contributed by atoms with Crippen LogP contribution in [0.3, 0.4) is 0 Å². The van der Waals surface area contributed by atoms with E-state index in [0.29, 0.717) is 5.69 Å². The molecule has 32 heavy (non-hydrogen) atoms. The van der Waals surface area contributed by atoms with Crippen LogP contribution in [-0.4, -0.2) is 24.4 Å². The fourth-order valence-corrected chi connectivity index (χ4v) is 4.37. The summed E-state index contributed by atoms with van der Waals surface area (Å²) in [6, 6.07) is 22.5. The molecule has 4 nitrogen and oxygen atoms in total. The zero-order valence-corrected chi connectivity index (χ0v) is 20.0. The first-order chi connectivity index (χ1) is 15.4. The van der Waals surface area contributed by atoms with Crippen molar-refractivity contribution < 1.29 is 9.59 Å². The highest BCUT2D eigenvalue weighted by Gasteiger charge is 2.42. The predicted octanol–water partition coefficient (Wildman–Crippen LogP) is 5.92. The van der Waals surface area contributed by atoms with Gasteiger partial charge in [0.1, 0.15) is 12.6 Å². The monoisotopic (exact) mass is 488 g/mol. The summed E-state index contributed by atoms with van der Waals surface area (Å²) in [5.41, 5.74) is 5.40. The van der Waals surface area contributed by atoms with E-state index in [4.69, 9.17) is 0 Å². The second-order valence-electron chi connectivity index (χ2n) is 8.09. The summed E-state index contributed by atoms with van der Waals surface area (Å²) in [5.74, 6) is -0.218. The van der Waals surface area contributed by atoms with Gasteiger partial charge in [-0.15, -0.1) is 0 Å². The van der Waals surface area contributed by atoms with E-state index in [1.54, 1.807) is 9.80 Å². The lowest BCUT2D eigenvalue weighted by Crippen LogP contribution is -2.61. The van der Waals surface area contributed by atoms with Crippen LogP contribution in [-0.2, 0) is 9.59 Å². The van der Waals surface area contributed by atoms with Crippen molar-refractivity contribution in [3.05, 3.63) is 99.5 Å². The van der Waals surface area contributed by atoms with Crippen LogP contribution in [0, 0.1) is 13.8 Å². The number of carbonyl (C=O) groups excluding carboxylic acids is 2. The van der Waals surface area contributed by atoms with Crippen LogP contribution in [0.2, 0.25) is 0 Å². The van der Waals surface area contributed by atoms with E-state index in [0.717, 1.165) is 32.4 Å². The minimum atomic E-state index is -0.724. The van der Waals surface area contributed by atoms with Crippen LogP contribution >= 0.6 is 15.9 Å². The molecule has 0 aromatic heterocycles. The normalized spacial score (nSPS) is 17.1. The smallest absolute Gasteiger partial charge is 0.254 e. The SMILES string of the molecule is C/C(=C\c1ccccc1)C1C(=O)N(c2cccc(C)c2C)CC(=O)N1c1ccc(Br)cc1. The molecule has 3 aromatic carbocycles. The van der Waals surface area contributed by atoms with E-state index >= 15 is 0 Å². The van der Waals surface area contributed by atoms with Crippen LogP contribution in [0.1, 0.15) is 23.6 Å². The van der Waals surface area contributed by atoms with Gasteiger partial charge in [0.2, 0.25) is 5.91 Å². The Morgan fingerprint density at radius 3 is 2.31 bits per heavy atom. The van der Waals surface area contributed by atoms with Crippen molar-refractivity contribution in [3.8, 4) is 0 Å². The average molecular weight is 489 g/mol. The molecule has 4 rings (SSSR count). The number of anilines is 2. The van der Waals surface area contributed by atoms with E-state index in [1.165, 1.54) is 0 Å². The summed E-state index contributed by atoms with van der Waals surface area (Å²) in [6.07, 6.45) is 1.98. The topological polar surface area (TPSA) is 40.6 Å². The standard InChI is InChI=1S/C27H25BrN2O2/c1-18-8-7-11-24(20(18)3)29-17-25(31)30(23-14-12-22(28)13-15-23)26(27(29)32)19(2)16-21-9-5-4-6-10-21/h4-16,26H,17H2,1-3H3/b19-16+. The number of piperazine rings is 1. The van der Waals surface area contributed by atoms with Gasteiger partial charge >= 0.3 is 0 Å². The maximum Gasteiger partial charge on any atom is 0.254 e. The lowest BCUT2D eigenvalue weighted by molar-refractivity contribution is -0.127. The highest BCUT2D eigenvalue weighted by molar-refractivity contribution is 9.10. The van der Waals surface area contributed by atoms with Crippen molar-refractivity contribution in [2.75, 3.05) is 16.3 Å². The van der Waals surface area contributed by atoms with Crippen LogP contribution in [0.25, 0.3) is 6.08 Å². The van der Waals surface area contributed by atoms with E-state index < -0.39 is 6.04 Å². The number of halogens is 1. The van der Waals surface area contributed by atoms with Gasteiger partial charge in [-0.3, -0.25) is 14.5 Å². The Kier molecular flexibility index (Phi) is 6.28. The molecule has 1 saturated heterocycles. The molecule has 0 saturated carbocycles. The van der Waals surface area contributed by atoms with E-state index in [1.807, 2.05) is 99.6 Å². The van der Waals surface area contributed by atoms with Gasteiger partial charge in [-0.05, 0) is 73.4 Å². The summed E-state index contributed by atoms with van der Waals surface area (Å²) < 4.78 is 0.919. The molecule has 3 aromatic rings. The third-order valence-electron chi connectivity index (χ3n) is 5.92. The molecule has 0 spiro atoms. The largest absolute Gasteiger partial charge is 0.301 e. The quantitative estimate of drug-likeness (QED) is 0.457. The lowest BCUT2D eigenvalue weighted by atomic mass is 9.97. The maximum atomic E-state index is 13.9. The predicted molar refractivity (Wildman–Crippen MR) is 134 cm³/mol. The van der Waals surface area contributed by atoms with Gasteiger partial charge in [-0.1, -0.05) is 64.5 Å². The Balaban J connectivity index is 1.82. The molecule has 1 heterocycles. The van der Waals surface area contributed by atoms with E-state index in [2.05, 4.69) is 15.9 Å². The van der Waals surface area contributed by atoms with Gasteiger partial charge in [-0.25, -0.2) is 0 Å². The fourth-order valence-electron chi connectivity index (χ4n) is 4.11. The van der Waals surface area contributed by atoms with Crippen LogP contribution < -0.4 is 9.80 Å². The molecule has 0 N–H and O–H groups in total. The molecular weight excluding hydrogens is 464 g/mol. The molecule has 1 aliphatic rings. The van der Waals surface area contributed by atoms with Crippen molar-refractivity contribution in [2.24, 2.45) is 0 Å². The summed E-state index contributed by atoms with van der Waals surface area (Å²) in [7, 11) is 0. The zero-order valence-electron chi connectivity index (χ0n) is 18.4. The van der Waals surface area contributed by atoms with Crippen molar-refractivity contribution in [1.29, 1.82) is 0 Å². The Bertz CT molecular complexity index is 1190. The molecule has 1 unspecified atom stereocenters. The van der Waals surface area contributed by atoms with Crippen molar-refractivity contribution in [1.82, 2.24) is 0 Å². The number of benzene rings is 3. The zero-order chi connectivity index (χ0) is 22.8. The van der Waals surface area contributed by atoms with Crippen molar-refractivity contribution >= 4 is 45.2 Å². The Morgan fingerprint density at radius 1 is 0.938 bits per heavy atom.